The molecule has 0 saturated carbocycles. The summed E-state index contributed by atoms with van der Waals surface area (Å²) in [6.07, 6.45) is 0. The van der Waals surface area contributed by atoms with Crippen molar-refractivity contribution >= 4 is 33.2 Å². The third-order valence-corrected chi connectivity index (χ3v) is 4.80. The summed E-state index contributed by atoms with van der Waals surface area (Å²) in [7, 11) is 2.06. The lowest BCUT2D eigenvalue weighted by Gasteiger charge is -2.17. The van der Waals surface area contributed by atoms with Gasteiger partial charge in [-0.2, -0.15) is 0 Å². The number of hydrazine groups is 1. The van der Waals surface area contributed by atoms with E-state index in [0.29, 0.717) is 5.56 Å². The molecule has 5 nitrogen and oxygen atoms in total. The Morgan fingerprint density at radius 3 is 2.81 bits per heavy atom. The molecule has 2 rings (SSSR count). The summed E-state index contributed by atoms with van der Waals surface area (Å²) >= 11 is 5.18. The Kier molecular flexibility index (Phi) is 5.46. The molecule has 0 aliphatic rings. The zero-order valence-electron chi connectivity index (χ0n) is 11.9. The summed E-state index contributed by atoms with van der Waals surface area (Å²) in [5.74, 6) is 4.84. The number of hydrogen-bond donors (Lipinski definition) is 2. The minimum absolute atomic E-state index is 0.295. The number of carbonyl (C=O) groups is 1. The van der Waals surface area contributed by atoms with Crippen LogP contribution in [0.2, 0.25) is 0 Å². The Hall–Kier alpha value is -1.28. The number of nitrogen functional groups attached to an aromatic ring is 1. The molecular weight excluding hydrogens is 352 g/mol. The van der Waals surface area contributed by atoms with Gasteiger partial charge in [0.1, 0.15) is 0 Å². The molecule has 7 heteroatoms. The molecule has 0 radical (unpaired) electrons. The minimum Gasteiger partial charge on any atom is -0.297 e. The number of nitrogens with two attached hydrogens (primary N) is 1. The van der Waals surface area contributed by atoms with Gasteiger partial charge in [0.15, 0.2) is 0 Å². The van der Waals surface area contributed by atoms with E-state index in [0.717, 1.165) is 28.8 Å². The summed E-state index contributed by atoms with van der Waals surface area (Å²) in [6, 6.07) is 5.49. The Labute approximate surface area is 136 Å². The van der Waals surface area contributed by atoms with Gasteiger partial charge in [-0.1, -0.05) is 22.0 Å². The van der Waals surface area contributed by atoms with Gasteiger partial charge in [0.25, 0.3) is 5.91 Å². The van der Waals surface area contributed by atoms with Crippen molar-refractivity contribution in [1.82, 2.24) is 15.3 Å². The Morgan fingerprint density at radius 2 is 2.24 bits per heavy atom. The van der Waals surface area contributed by atoms with E-state index in [-0.39, 0.29) is 5.91 Å². The number of thiazole rings is 1. The molecule has 1 heterocycles. The molecule has 1 aromatic heterocycles. The fraction of sp³-hybridized carbons (Fsp3) is 0.286. The van der Waals surface area contributed by atoms with Crippen LogP contribution in [0.3, 0.4) is 0 Å². The Balaban J connectivity index is 2.05. The summed E-state index contributed by atoms with van der Waals surface area (Å²) in [5, 5.41) is 0. The summed E-state index contributed by atoms with van der Waals surface area (Å²) < 4.78 is 0.900. The van der Waals surface area contributed by atoms with E-state index in [1.54, 1.807) is 23.5 Å². The molecule has 2 aromatic rings. The number of carbonyl (C=O) groups excluding carboxylic acids is 1. The second-order valence-electron chi connectivity index (χ2n) is 4.81. The molecule has 0 bridgehead atoms. The van der Waals surface area contributed by atoms with Crippen LogP contribution in [0.5, 0.6) is 0 Å². The average Bonchev–Trinajstić information content (AvgIpc) is 2.85. The van der Waals surface area contributed by atoms with E-state index in [9.17, 15) is 4.79 Å². The molecular formula is C14H17BrN4OS. The number of aryl methyl sites for hydroxylation is 1. The predicted molar refractivity (Wildman–Crippen MR) is 87.8 cm³/mol. The first kappa shape index (κ1) is 16.1. The first-order chi connectivity index (χ1) is 10.0. The van der Waals surface area contributed by atoms with E-state index in [4.69, 9.17) is 5.84 Å². The predicted octanol–water partition coefficient (Wildman–Crippen LogP) is 2.45. The minimum atomic E-state index is -0.295. The number of hydrogen-bond acceptors (Lipinski definition) is 5. The number of nitrogens with zero attached hydrogens (tertiary/aromatic N) is 2. The van der Waals surface area contributed by atoms with E-state index >= 15 is 0 Å². The average molecular weight is 369 g/mol. The standard InChI is InChI=1S/C14H17BrN4OS/c1-9-13(21-8-17-9)7-19(2)6-11-4-3-10(5-12(11)15)14(20)18-16/h3-5,8H,6-7,16H2,1-2H3,(H,18,20). The topological polar surface area (TPSA) is 71.2 Å². The highest BCUT2D eigenvalue weighted by molar-refractivity contribution is 9.10. The molecule has 1 amide bonds. The van der Waals surface area contributed by atoms with Gasteiger partial charge in [-0.25, -0.2) is 10.8 Å². The molecule has 1 aromatic carbocycles. The van der Waals surface area contributed by atoms with Gasteiger partial charge >= 0.3 is 0 Å². The molecule has 3 N–H and O–H groups in total. The second-order valence-corrected chi connectivity index (χ2v) is 6.61. The van der Waals surface area contributed by atoms with Gasteiger partial charge in [0, 0.05) is 28.0 Å². The molecule has 0 aliphatic heterocycles. The van der Waals surface area contributed by atoms with Crippen molar-refractivity contribution in [2.24, 2.45) is 5.84 Å². The fourth-order valence-electron chi connectivity index (χ4n) is 1.97. The van der Waals surface area contributed by atoms with E-state index in [1.165, 1.54) is 4.88 Å². The van der Waals surface area contributed by atoms with Crippen LogP contribution < -0.4 is 11.3 Å². The van der Waals surface area contributed by atoms with Gasteiger partial charge < -0.3 is 0 Å². The smallest absolute Gasteiger partial charge is 0.265 e. The highest BCUT2D eigenvalue weighted by Gasteiger charge is 2.10. The lowest BCUT2D eigenvalue weighted by atomic mass is 10.1. The van der Waals surface area contributed by atoms with Gasteiger partial charge in [-0.3, -0.25) is 15.1 Å². The highest BCUT2D eigenvalue weighted by atomic mass is 79.9. The number of rotatable bonds is 5. The van der Waals surface area contributed by atoms with E-state index in [2.05, 4.69) is 38.3 Å². The van der Waals surface area contributed by atoms with Gasteiger partial charge in [-0.15, -0.1) is 11.3 Å². The molecule has 21 heavy (non-hydrogen) atoms. The van der Waals surface area contributed by atoms with Crippen LogP contribution in [0, 0.1) is 6.92 Å². The normalized spacial score (nSPS) is 10.9. The van der Waals surface area contributed by atoms with Gasteiger partial charge in [-0.05, 0) is 31.7 Å². The maximum Gasteiger partial charge on any atom is 0.265 e. The van der Waals surface area contributed by atoms with Crippen molar-refractivity contribution in [2.75, 3.05) is 7.05 Å². The number of halogens is 1. The van der Waals surface area contributed by atoms with Crippen LogP contribution in [0.4, 0.5) is 0 Å². The monoisotopic (exact) mass is 368 g/mol. The molecule has 112 valence electrons. The third kappa shape index (κ3) is 4.10. The zero-order valence-corrected chi connectivity index (χ0v) is 14.3. The number of aromatic nitrogens is 1. The zero-order chi connectivity index (χ0) is 15.4. The molecule has 0 fully saturated rings. The van der Waals surface area contributed by atoms with Crippen molar-refractivity contribution in [3.8, 4) is 0 Å². The fourth-order valence-corrected chi connectivity index (χ4v) is 3.33. The molecule has 0 spiro atoms. The largest absolute Gasteiger partial charge is 0.297 e. The molecule has 0 saturated heterocycles. The van der Waals surface area contributed by atoms with Crippen molar-refractivity contribution < 1.29 is 4.79 Å². The van der Waals surface area contributed by atoms with Gasteiger partial charge in [0.05, 0.1) is 11.2 Å². The van der Waals surface area contributed by atoms with Gasteiger partial charge in [0.2, 0.25) is 0 Å². The van der Waals surface area contributed by atoms with Crippen LogP contribution in [0.15, 0.2) is 28.2 Å². The molecule has 0 atom stereocenters. The van der Waals surface area contributed by atoms with Crippen molar-refractivity contribution in [1.29, 1.82) is 0 Å². The van der Waals surface area contributed by atoms with E-state index in [1.807, 2.05) is 18.5 Å². The summed E-state index contributed by atoms with van der Waals surface area (Å²) in [6.45, 7) is 3.66. The number of benzene rings is 1. The van der Waals surface area contributed by atoms with Crippen LogP contribution in [0.25, 0.3) is 0 Å². The maximum atomic E-state index is 11.5. The first-order valence-corrected chi connectivity index (χ1v) is 8.05. The van der Waals surface area contributed by atoms with Crippen molar-refractivity contribution in [2.45, 2.75) is 20.0 Å². The van der Waals surface area contributed by atoms with Crippen LogP contribution in [-0.4, -0.2) is 22.8 Å². The molecule has 0 aliphatic carbocycles. The lowest BCUT2D eigenvalue weighted by Crippen LogP contribution is -2.30. The quantitative estimate of drug-likeness (QED) is 0.483. The first-order valence-electron chi connectivity index (χ1n) is 6.38. The Morgan fingerprint density at radius 1 is 1.48 bits per heavy atom. The number of amides is 1. The lowest BCUT2D eigenvalue weighted by molar-refractivity contribution is 0.0953. The van der Waals surface area contributed by atoms with Crippen LogP contribution >= 0.6 is 27.3 Å². The van der Waals surface area contributed by atoms with Crippen LogP contribution in [0.1, 0.15) is 26.5 Å². The maximum absolute atomic E-state index is 11.5. The molecule has 0 unspecified atom stereocenters. The van der Waals surface area contributed by atoms with Crippen LogP contribution in [-0.2, 0) is 13.1 Å². The van der Waals surface area contributed by atoms with Crippen molar-refractivity contribution in [3.63, 3.8) is 0 Å². The summed E-state index contributed by atoms with van der Waals surface area (Å²) in [4.78, 5) is 19.2. The van der Waals surface area contributed by atoms with Crippen molar-refractivity contribution in [3.05, 3.63) is 49.9 Å². The highest BCUT2D eigenvalue weighted by Crippen LogP contribution is 2.22. The van der Waals surface area contributed by atoms with E-state index < -0.39 is 0 Å². The Bertz CT molecular complexity index is 644. The summed E-state index contributed by atoms with van der Waals surface area (Å²) in [5.41, 5.74) is 6.74. The number of nitrogens with one attached hydrogen (secondary N) is 1. The second kappa shape index (κ2) is 7.13. The third-order valence-electron chi connectivity index (χ3n) is 3.14. The SMILES string of the molecule is Cc1ncsc1CN(C)Cc1ccc(C(=O)NN)cc1Br.